The number of hydrogen-bond acceptors (Lipinski definition) is 2. The molecule has 1 saturated carbocycles. The first-order valence-corrected chi connectivity index (χ1v) is 8.85. The molecule has 108 valence electrons. The minimum Gasteiger partial charge on any atom is -0.309 e. The molecule has 1 aliphatic rings. The molecule has 0 radical (unpaired) electrons. The van der Waals surface area contributed by atoms with E-state index in [-0.39, 0.29) is 0 Å². The van der Waals surface area contributed by atoms with Crippen LogP contribution in [-0.2, 0) is 0 Å². The quantitative estimate of drug-likeness (QED) is 0.755. The fourth-order valence-electron chi connectivity index (χ4n) is 3.19. The maximum absolute atomic E-state index is 6.37. The summed E-state index contributed by atoms with van der Waals surface area (Å²) in [7, 11) is 0. The molecule has 1 heterocycles. The van der Waals surface area contributed by atoms with Gasteiger partial charge in [0, 0.05) is 10.9 Å². The van der Waals surface area contributed by atoms with Crippen molar-refractivity contribution in [3.8, 4) is 0 Å². The highest BCUT2D eigenvalue weighted by Gasteiger charge is 2.32. The van der Waals surface area contributed by atoms with E-state index in [1.165, 1.54) is 30.6 Å². The van der Waals surface area contributed by atoms with Gasteiger partial charge in [0.05, 0.1) is 5.02 Å². The lowest BCUT2D eigenvalue weighted by molar-refractivity contribution is 0.172. The average Bonchev–Trinajstić information content (AvgIpc) is 2.80. The fraction of sp³-hybridized carbons (Fsp3) is 0.750. The lowest BCUT2D eigenvalue weighted by atomic mass is 9.73. The van der Waals surface area contributed by atoms with Crippen LogP contribution in [0, 0.1) is 17.8 Å². The van der Waals surface area contributed by atoms with Gasteiger partial charge in [-0.25, -0.2) is 0 Å². The summed E-state index contributed by atoms with van der Waals surface area (Å²) in [6.45, 7) is 8.11. The van der Waals surface area contributed by atoms with Crippen LogP contribution in [-0.4, -0.2) is 6.54 Å². The number of halogens is 1. The first kappa shape index (κ1) is 15.3. The summed E-state index contributed by atoms with van der Waals surface area (Å²) in [5.41, 5.74) is 0. The molecule has 2 rings (SSSR count). The van der Waals surface area contributed by atoms with Crippen LogP contribution >= 0.6 is 22.9 Å². The lowest BCUT2D eigenvalue weighted by Crippen LogP contribution is -2.33. The van der Waals surface area contributed by atoms with Gasteiger partial charge in [0.2, 0.25) is 0 Å². The molecule has 1 aliphatic carbocycles. The van der Waals surface area contributed by atoms with Crippen LogP contribution in [0.5, 0.6) is 0 Å². The zero-order chi connectivity index (χ0) is 13.8. The van der Waals surface area contributed by atoms with Gasteiger partial charge in [-0.1, -0.05) is 38.8 Å². The molecule has 19 heavy (non-hydrogen) atoms. The third-order valence-electron chi connectivity index (χ3n) is 4.65. The van der Waals surface area contributed by atoms with Gasteiger partial charge in [-0.3, -0.25) is 0 Å². The molecule has 0 amide bonds. The summed E-state index contributed by atoms with van der Waals surface area (Å²) in [4.78, 5) is 1.35. The summed E-state index contributed by atoms with van der Waals surface area (Å²) in [6, 6.07) is 2.50. The number of rotatable bonds is 5. The van der Waals surface area contributed by atoms with Crippen LogP contribution in [0.1, 0.15) is 57.4 Å². The van der Waals surface area contributed by atoms with E-state index >= 15 is 0 Å². The van der Waals surface area contributed by atoms with E-state index in [0.717, 1.165) is 29.3 Å². The monoisotopic (exact) mass is 299 g/mol. The molecule has 0 bridgehead atoms. The Balaban J connectivity index is 2.11. The smallest absolute Gasteiger partial charge is 0.0561 e. The van der Waals surface area contributed by atoms with Crippen molar-refractivity contribution < 1.29 is 0 Å². The van der Waals surface area contributed by atoms with Crippen molar-refractivity contribution in [3.63, 3.8) is 0 Å². The second-order valence-electron chi connectivity index (χ2n) is 6.09. The van der Waals surface area contributed by atoms with E-state index in [1.807, 2.05) is 17.4 Å². The Kier molecular flexibility index (Phi) is 5.73. The average molecular weight is 300 g/mol. The third kappa shape index (κ3) is 3.74. The van der Waals surface area contributed by atoms with Crippen molar-refractivity contribution in [1.29, 1.82) is 0 Å². The molecule has 1 N–H and O–H groups in total. The first-order valence-electron chi connectivity index (χ1n) is 7.59. The predicted octanol–water partition coefficient (Wildman–Crippen LogP) is 5.51. The van der Waals surface area contributed by atoms with Crippen LogP contribution in [0.25, 0.3) is 0 Å². The minimum atomic E-state index is 0.461. The standard InChI is InChI=1S/C16H26ClNS/c1-4-8-18-15(16-14(17)7-9-19-16)13-6-5-11(2)12(3)10-13/h7,9,11-13,15,18H,4-6,8,10H2,1-3H3. The lowest BCUT2D eigenvalue weighted by Gasteiger charge is -2.37. The van der Waals surface area contributed by atoms with Crippen molar-refractivity contribution in [2.45, 2.75) is 52.5 Å². The molecule has 4 unspecified atom stereocenters. The zero-order valence-electron chi connectivity index (χ0n) is 12.3. The van der Waals surface area contributed by atoms with Gasteiger partial charge in [0.25, 0.3) is 0 Å². The summed E-state index contributed by atoms with van der Waals surface area (Å²) >= 11 is 8.18. The molecular formula is C16H26ClNS. The molecule has 1 aromatic heterocycles. The second-order valence-corrected chi connectivity index (χ2v) is 7.45. The van der Waals surface area contributed by atoms with Crippen molar-refractivity contribution in [3.05, 3.63) is 21.3 Å². The van der Waals surface area contributed by atoms with Gasteiger partial charge < -0.3 is 5.32 Å². The predicted molar refractivity (Wildman–Crippen MR) is 86.0 cm³/mol. The molecule has 0 saturated heterocycles. The Bertz CT molecular complexity index is 390. The molecule has 1 aromatic rings. The molecule has 0 aliphatic heterocycles. The van der Waals surface area contributed by atoms with Gasteiger partial charge in [-0.2, -0.15) is 0 Å². The van der Waals surface area contributed by atoms with Crippen molar-refractivity contribution in [2.75, 3.05) is 6.54 Å². The highest BCUT2D eigenvalue weighted by atomic mass is 35.5. The molecule has 4 atom stereocenters. The van der Waals surface area contributed by atoms with E-state index in [2.05, 4.69) is 31.5 Å². The van der Waals surface area contributed by atoms with Crippen molar-refractivity contribution in [1.82, 2.24) is 5.32 Å². The van der Waals surface area contributed by atoms with Gasteiger partial charge in [-0.05, 0) is 55.0 Å². The van der Waals surface area contributed by atoms with Gasteiger partial charge >= 0.3 is 0 Å². The number of thiophene rings is 1. The van der Waals surface area contributed by atoms with Crippen LogP contribution in [0.3, 0.4) is 0 Å². The molecule has 1 nitrogen and oxygen atoms in total. The first-order chi connectivity index (χ1) is 9.13. The highest BCUT2D eigenvalue weighted by molar-refractivity contribution is 7.10. The van der Waals surface area contributed by atoms with Crippen LogP contribution in [0.2, 0.25) is 5.02 Å². The summed E-state index contributed by atoms with van der Waals surface area (Å²) < 4.78 is 0. The molecule has 3 heteroatoms. The Hall–Kier alpha value is -0.0500. The van der Waals surface area contributed by atoms with Gasteiger partial charge in [0.1, 0.15) is 0 Å². The SMILES string of the molecule is CCCNC(c1sccc1Cl)C1CCC(C)C(C)C1. The Morgan fingerprint density at radius 1 is 1.37 bits per heavy atom. The summed E-state index contributed by atoms with van der Waals surface area (Å²) in [5, 5.41) is 6.81. The number of hydrogen-bond donors (Lipinski definition) is 1. The Labute approximate surface area is 126 Å². The van der Waals surface area contributed by atoms with Crippen molar-refractivity contribution in [2.24, 2.45) is 17.8 Å². The highest BCUT2D eigenvalue weighted by Crippen LogP contribution is 2.42. The van der Waals surface area contributed by atoms with Gasteiger partial charge in [-0.15, -0.1) is 11.3 Å². The maximum Gasteiger partial charge on any atom is 0.0561 e. The third-order valence-corrected chi connectivity index (χ3v) is 6.09. The summed E-state index contributed by atoms with van der Waals surface area (Å²) in [6.07, 6.45) is 5.20. The van der Waals surface area contributed by atoms with E-state index in [0.29, 0.717) is 6.04 Å². The van der Waals surface area contributed by atoms with Crippen LogP contribution < -0.4 is 5.32 Å². The van der Waals surface area contributed by atoms with E-state index in [9.17, 15) is 0 Å². The topological polar surface area (TPSA) is 12.0 Å². The van der Waals surface area contributed by atoms with Crippen molar-refractivity contribution >= 4 is 22.9 Å². The van der Waals surface area contributed by atoms with E-state index in [1.54, 1.807) is 0 Å². The minimum absolute atomic E-state index is 0.461. The van der Waals surface area contributed by atoms with Crippen LogP contribution in [0.4, 0.5) is 0 Å². The largest absolute Gasteiger partial charge is 0.309 e. The van der Waals surface area contributed by atoms with Gasteiger partial charge in [0.15, 0.2) is 0 Å². The fourth-order valence-corrected chi connectivity index (χ4v) is 4.54. The normalized spacial score (nSPS) is 29.4. The summed E-state index contributed by atoms with van der Waals surface area (Å²) in [5.74, 6) is 2.46. The zero-order valence-corrected chi connectivity index (χ0v) is 13.9. The molecular weight excluding hydrogens is 274 g/mol. The second kappa shape index (κ2) is 7.10. The molecule has 1 fully saturated rings. The number of nitrogens with one attached hydrogen (secondary N) is 1. The van der Waals surface area contributed by atoms with E-state index in [4.69, 9.17) is 11.6 Å². The molecule has 0 aromatic carbocycles. The Morgan fingerprint density at radius 3 is 2.74 bits per heavy atom. The Morgan fingerprint density at radius 2 is 2.16 bits per heavy atom. The molecule has 0 spiro atoms. The maximum atomic E-state index is 6.37. The van der Waals surface area contributed by atoms with E-state index < -0.39 is 0 Å². The van der Waals surface area contributed by atoms with Crippen LogP contribution in [0.15, 0.2) is 11.4 Å².